The monoisotopic (exact) mass is 193 g/mol. The minimum absolute atomic E-state index is 0.119. The Morgan fingerprint density at radius 3 is 2.79 bits per heavy atom. The molecule has 1 heterocycles. The smallest absolute Gasteiger partial charge is 0.108 e. The molecule has 0 aromatic rings. The van der Waals surface area contributed by atoms with Gasteiger partial charge in [-0.3, -0.25) is 0 Å². The third-order valence-corrected chi connectivity index (χ3v) is 2.57. The van der Waals surface area contributed by atoms with Crippen LogP contribution in [0.4, 0.5) is 0 Å². The highest BCUT2D eigenvalue weighted by Gasteiger charge is 2.14. The molecule has 0 saturated carbocycles. The summed E-state index contributed by atoms with van der Waals surface area (Å²) >= 11 is 0. The van der Waals surface area contributed by atoms with Gasteiger partial charge in [-0.05, 0) is 43.9 Å². The predicted molar refractivity (Wildman–Crippen MR) is 60.3 cm³/mol. The minimum atomic E-state index is 0.119. The van der Waals surface area contributed by atoms with E-state index in [1.54, 1.807) is 6.08 Å². The fourth-order valence-corrected chi connectivity index (χ4v) is 1.80. The molecule has 0 aromatic carbocycles. The van der Waals surface area contributed by atoms with E-state index < -0.39 is 0 Å². The Bertz CT molecular complexity index is 247. The number of aliphatic hydroxyl groups is 1. The fourth-order valence-electron chi connectivity index (χ4n) is 1.80. The minimum Gasteiger partial charge on any atom is -0.509 e. The van der Waals surface area contributed by atoms with Gasteiger partial charge < -0.3 is 10.4 Å². The fraction of sp³-hybridized carbons (Fsp3) is 0.500. The molecule has 1 rings (SSSR count). The number of hydrogen-bond donors (Lipinski definition) is 2. The van der Waals surface area contributed by atoms with Crippen molar-refractivity contribution in [2.24, 2.45) is 5.92 Å². The number of hydrogen-bond acceptors (Lipinski definition) is 2. The van der Waals surface area contributed by atoms with Crippen LogP contribution in [0.25, 0.3) is 0 Å². The van der Waals surface area contributed by atoms with E-state index in [2.05, 4.69) is 18.0 Å². The van der Waals surface area contributed by atoms with E-state index in [1.165, 1.54) is 18.4 Å². The average Bonchev–Trinajstić information content (AvgIpc) is 2.20. The van der Waals surface area contributed by atoms with Crippen molar-refractivity contribution < 1.29 is 5.11 Å². The third kappa shape index (κ3) is 3.38. The van der Waals surface area contributed by atoms with Gasteiger partial charge in [0.25, 0.3) is 0 Å². The zero-order valence-corrected chi connectivity index (χ0v) is 8.79. The second-order valence-corrected chi connectivity index (χ2v) is 3.66. The SMILES string of the molecule is C=C(O)/C=C\C(=C/C)C1CCCNC1. The molecule has 1 aliphatic heterocycles. The van der Waals surface area contributed by atoms with E-state index in [0.717, 1.165) is 13.1 Å². The molecule has 0 bridgehead atoms. The van der Waals surface area contributed by atoms with Gasteiger partial charge in [0.15, 0.2) is 0 Å². The standard InChI is InChI=1S/C12H19NO/c1-3-11(7-6-10(2)14)12-5-4-8-13-9-12/h3,6-7,12-14H,2,4-5,8-9H2,1H3/b7-6-,11-3+. The molecule has 2 nitrogen and oxygen atoms in total. The van der Waals surface area contributed by atoms with Crippen molar-refractivity contribution in [2.75, 3.05) is 13.1 Å². The summed E-state index contributed by atoms with van der Waals surface area (Å²) in [7, 11) is 0. The molecular formula is C12H19NO. The second kappa shape index (κ2) is 5.66. The average molecular weight is 193 g/mol. The summed E-state index contributed by atoms with van der Waals surface area (Å²) in [5, 5.41) is 12.3. The maximum atomic E-state index is 8.97. The van der Waals surface area contributed by atoms with Crippen LogP contribution in [0.1, 0.15) is 19.8 Å². The lowest BCUT2D eigenvalue weighted by Gasteiger charge is -2.23. The Labute approximate surface area is 86.0 Å². The zero-order valence-electron chi connectivity index (χ0n) is 8.79. The van der Waals surface area contributed by atoms with Gasteiger partial charge in [-0.2, -0.15) is 0 Å². The van der Waals surface area contributed by atoms with Crippen molar-refractivity contribution in [1.29, 1.82) is 0 Å². The van der Waals surface area contributed by atoms with Crippen molar-refractivity contribution in [3.63, 3.8) is 0 Å². The molecule has 1 aliphatic rings. The topological polar surface area (TPSA) is 32.3 Å². The van der Waals surface area contributed by atoms with Gasteiger partial charge in [-0.25, -0.2) is 0 Å². The second-order valence-electron chi connectivity index (χ2n) is 3.66. The molecule has 2 heteroatoms. The first kappa shape index (κ1) is 11.1. The van der Waals surface area contributed by atoms with Crippen LogP contribution in [0.3, 0.4) is 0 Å². The molecule has 0 aromatic heterocycles. The molecule has 1 atom stereocenters. The number of nitrogens with one attached hydrogen (secondary N) is 1. The Morgan fingerprint density at radius 1 is 1.50 bits per heavy atom. The highest BCUT2D eigenvalue weighted by atomic mass is 16.3. The highest BCUT2D eigenvalue weighted by Crippen LogP contribution is 2.20. The van der Waals surface area contributed by atoms with Crippen molar-refractivity contribution in [3.8, 4) is 0 Å². The van der Waals surface area contributed by atoms with E-state index in [9.17, 15) is 0 Å². The first-order valence-electron chi connectivity index (χ1n) is 5.17. The molecule has 2 N–H and O–H groups in total. The molecule has 1 fully saturated rings. The maximum absolute atomic E-state index is 8.97. The Morgan fingerprint density at radius 2 is 2.29 bits per heavy atom. The quantitative estimate of drug-likeness (QED) is 0.533. The predicted octanol–water partition coefficient (Wildman–Crippen LogP) is 2.56. The summed E-state index contributed by atoms with van der Waals surface area (Å²) in [6.07, 6.45) is 8.19. The molecule has 1 saturated heterocycles. The van der Waals surface area contributed by atoms with Crippen molar-refractivity contribution in [3.05, 3.63) is 36.1 Å². The Hall–Kier alpha value is -1.02. The Balaban J connectivity index is 2.57. The lowest BCUT2D eigenvalue weighted by Crippen LogP contribution is -2.30. The summed E-state index contributed by atoms with van der Waals surface area (Å²) in [5.74, 6) is 0.706. The van der Waals surface area contributed by atoms with Crippen LogP contribution in [0.5, 0.6) is 0 Å². The van der Waals surface area contributed by atoms with Gasteiger partial charge in [-0.1, -0.05) is 18.7 Å². The number of allylic oxidation sites excluding steroid dienone is 3. The van der Waals surface area contributed by atoms with Crippen LogP contribution in [0.15, 0.2) is 36.1 Å². The number of aliphatic hydroxyl groups excluding tert-OH is 1. The molecule has 1 unspecified atom stereocenters. The summed E-state index contributed by atoms with van der Waals surface area (Å²) in [4.78, 5) is 0. The van der Waals surface area contributed by atoms with Gasteiger partial charge in [0.05, 0.1) is 0 Å². The molecule has 14 heavy (non-hydrogen) atoms. The van der Waals surface area contributed by atoms with Crippen LogP contribution in [-0.4, -0.2) is 18.2 Å². The van der Waals surface area contributed by atoms with Crippen LogP contribution in [0, 0.1) is 5.92 Å². The summed E-state index contributed by atoms with van der Waals surface area (Å²) in [6, 6.07) is 0. The normalized spacial score (nSPS) is 24.1. The highest BCUT2D eigenvalue weighted by molar-refractivity contribution is 5.25. The van der Waals surface area contributed by atoms with Crippen LogP contribution in [-0.2, 0) is 0 Å². The van der Waals surface area contributed by atoms with Crippen molar-refractivity contribution in [2.45, 2.75) is 19.8 Å². The van der Waals surface area contributed by atoms with Crippen molar-refractivity contribution in [1.82, 2.24) is 5.32 Å². The first-order chi connectivity index (χ1) is 6.74. The lowest BCUT2D eigenvalue weighted by atomic mass is 9.91. The number of piperidine rings is 1. The first-order valence-corrected chi connectivity index (χ1v) is 5.17. The molecule has 78 valence electrons. The zero-order chi connectivity index (χ0) is 10.4. The molecule has 0 amide bonds. The van der Waals surface area contributed by atoms with Crippen LogP contribution >= 0.6 is 0 Å². The van der Waals surface area contributed by atoms with Gasteiger partial charge in [0.1, 0.15) is 5.76 Å². The maximum Gasteiger partial charge on any atom is 0.108 e. The van der Waals surface area contributed by atoms with Crippen molar-refractivity contribution >= 4 is 0 Å². The summed E-state index contributed by atoms with van der Waals surface area (Å²) < 4.78 is 0. The largest absolute Gasteiger partial charge is 0.509 e. The third-order valence-electron chi connectivity index (χ3n) is 2.57. The lowest BCUT2D eigenvalue weighted by molar-refractivity contribution is 0.424. The van der Waals surface area contributed by atoms with Gasteiger partial charge in [0.2, 0.25) is 0 Å². The van der Waals surface area contributed by atoms with E-state index in [4.69, 9.17) is 5.11 Å². The number of rotatable bonds is 3. The molecule has 0 radical (unpaired) electrons. The van der Waals surface area contributed by atoms with E-state index >= 15 is 0 Å². The van der Waals surface area contributed by atoms with E-state index in [-0.39, 0.29) is 5.76 Å². The van der Waals surface area contributed by atoms with Gasteiger partial charge >= 0.3 is 0 Å². The van der Waals surface area contributed by atoms with E-state index in [1.807, 2.05) is 13.0 Å². The van der Waals surface area contributed by atoms with Crippen LogP contribution in [0.2, 0.25) is 0 Å². The molecular weight excluding hydrogens is 174 g/mol. The molecule has 0 aliphatic carbocycles. The van der Waals surface area contributed by atoms with Crippen LogP contribution < -0.4 is 5.32 Å². The molecule has 0 spiro atoms. The van der Waals surface area contributed by atoms with Gasteiger partial charge in [-0.15, -0.1) is 0 Å². The summed E-state index contributed by atoms with van der Waals surface area (Å²) in [5.41, 5.74) is 1.28. The summed E-state index contributed by atoms with van der Waals surface area (Å²) in [6.45, 7) is 7.64. The van der Waals surface area contributed by atoms with E-state index in [0.29, 0.717) is 5.92 Å². The van der Waals surface area contributed by atoms with Gasteiger partial charge in [0, 0.05) is 6.54 Å². The Kier molecular flexibility index (Phi) is 4.47.